The molecule has 3 nitrogen and oxygen atoms in total. The van der Waals surface area contributed by atoms with Crippen LogP contribution in [0.4, 0.5) is 0 Å². The molecule has 82 valence electrons. The van der Waals surface area contributed by atoms with E-state index in [4.69, 9.17) is 16.7 Å². The van der Waals surface area contributed by atoms with Gasteiger partial charge in [-0.2, -0.15) is 0 Å². The summed E-state index contributed by atoms with van der Waals surface area (Å²) in [5, 5.41) is 12.0. The van der Waals surface area contributed by atoms with Crippen LogP contribution in [0.15, 0.2) is 22.7 Å². The molecule has 0 heterocycles. The summed E-state index contributed by atoms with van der Waals surface area (Å²) in [6, 6.07) is 4.66. The van der Waals surface area contributed by atoms with Crippen molar-refractivity contribution in [3.8, 4) is 0 Å². The molecule has 0 saturated heterocycles. The van der Waals surface area contributed by atoms with Crippen LogP contribution in [0.25, 0.3) is 0 Å². The van der Waals surface area contributed by atoms with E-state index in [-0.39, 0.29) is 18.6 Å². The molecule has 1 rings (SSSR count). The maximum atomic E-state index is 11.6. The summed E-state index contributed by atoms with van der Waals surface area (Å²) in [5.41, 5.74) is 0.506. The first-order chi connectivity index (χ1) is 7.04. The minimum atomic E-state index is -0.257. The third kappa shape index (κ3) is 3.48. The third-order valence-corrected chi connectivity index (χ3v) is 3.05. The number of aliphatic hydroxyl groups is 1. The van der Waals surface area contributed by atoms with Crippen molar-refractivity contribution in [3.05, 3.63) is 33.3 Å². The van der Waals surface area contributed by atoms with Gasteiger partial charge in [0, 0.05) is 16.1 Å². The van der Waals surface area contributed by atoms with Gasteiger partial charge in [-0.3, -0.25) is 4.79 Å². The second kappa shape index (κ2) is 5.49. The second-order valence-electron chi connectivity index (χ2n) is 3.19. The Morgan fingerprint density at radius 2 is 2.33 bits per heavy atom. The first kappa shape index (κ1) is 12.5. The fraction of sp³-hybridized carbons (Fsp3) is 0.300. The van der Waals surface area contributed by atoms with Crippen LogP contribution in [0.1, 0.15) is 17.3 Å². The van der Waals surface area contributed by atoms with Crippen LogP contribution in [0.2, 0.25) is 5.02 Å². The highest BCUT2D eigenvalue weighted by Gasteiger charge is 2.10. The van der Waals surface area contributed by atoms with Gasteiger partial charge >= 0.3 is 0 Å². The highest BCUT2D eigenvalue weighted by molar-refractivity contribution is 9.10. The molecule has 0 aliphatic rings. The number of halogens is 2. The molecule has 0 fully saturated rings. The average molecular weight is 293 g/mol. The summed E-state index contributed by atoms with van der Waals surface area (Å²) in [7, 11) is 0. The molecule has 0 aliphatic heterocycles. The van der Waals surface area contributed by atoms with E-state index in [0.717, 1.165) is 0 Å². The molecule has 5 heteroatoms. The molecule has 0 unspecified atom stereocenters. The average Bonchev–Trinajstić information content (AvgIpc) is 2.21. The first-order valence-corrected chi connectivity index (χ1v) is 5.58. The zero-order valence-corrected chi connectivity index (χ0v) is 10.5. The predicted octanol–water partition coefficient (Wildman–Crippen LogP) is 2.21. The van der Waals surface area contributed by atoms with Crippen molar-refractivity contribution in [2.45, 2.75) is 13.0 Å². The quantitative estimate of drug-likeness (QED) is 0.897. The van der Waals surface area contributed by atoms with Crippen LogP contribution >= 0.6 is 27.5 Å². The van der Waals surface area contributed by atoms with Gasteiger partial charge in [0.1, 0.15) is 0 Å². The number of nitrogens with one attached hydrogen (secondary N) is 1. The van der Waals surface area contributed by atoms with Gasteiger partial charge in [0.25, 0.3) is 5.91 Å². The van der Waals surface area contributed by atoms with Crippen LogP contribution in [0, 0.1) is 0 Å². The monoisotopic (exact) mass is 291 g/mol. The molecule has 0 bridgehead atoms. The number of hydrogen-bond donors (Lipinski definition) is 2. The lowest BCUT2D eigenvalue weighted by molar-refractivity contribution is 0.0922. The van der Waals surface area contributed by atoms with Gasteiger partial charge in [0.2, 0.25) is 0 Å². The van der Waals surface area contributed by atoms with Gasteiger partial charge in [-0.15, -0.1) is 0 Å². The van der Waals surface area contributed by atoms with E-state index >= 15 is 0 Å². The van der Waals surface area contributed by atoms with E-state index < -0.39 is 0 Å². The van der Waals surface area contributed by atoms with Gasteiger partial charge in [0.05, 0.1) is 11.6 Å². The van der Waals surface area contributed by atoms with Crippen molar-refractivity contribution >= 4 is 33.4 Å². The lowest BCUT2D eigenvalue weighted by Crippen LogP contribution is -2.34. The second-order valence-corrected chi connectivity index (χ2v) is 4.45. The molecule has 15 heavy (non-hydrogen) atoms. The lowest BCUT2D eigenvalue weighted by Gasteiger charge is -2.10. The Morgan fingerprint density at radius 1 is 1.67 bits per heavy atom. The largest absolute Gasteiger partial charge is 0.394 e. The molecule has 0 radical (unpaired) electrons. The zero-order valence-electron chi connectivity index (χ0n) is 8.13. The SMILES string of the molecule is C[C@H](CO)NC(=O)c1ccc(Cl)c(Br)c1. The summed E-state index contributed by atoms with van der Waals surface area (Å²) in [5.74, 6) is -0.228. The Labute approximate surface area is 102 Å². The van der Waals surface area contributed by atoms with Gasteiger partial charge in [-0.25, -0.2) is 0 Å². The first-order valence-electron chi connectivity index (χ1n) is 4.41. The van der Waals surface area contributed by atoms with Crippen LogP contribution in [-0.4, -0.2) is 23.7 Å². The predicted molar refractivity (Wildman–Crippen MR) is 63.2 cm³/mol. The van der Waals surface area contributed by atoms with E-state index in [1.165, 1.54) is 0 Å². The van der Waals surface area contributed by atoms with Crippen LogP contribution in [-0.2, 0) is 0 Å². The molecule has 0 aliphatic carbocycles. The number of amides is 1. The smallest absolute Gasteiger partial charge is 0.251 e. The Bertz CT molecular complexity index is 370. The molecular weight excluding hydrogens is 281 g/mol. The van der Waals surface area contributed by atoms with Crippen molar-refractivity contribution < 1.29 is 9.90 Å². The normalized spacial score (nSPS) is 12.3. The third-order valence-electron chi connectivity index (χ3n) is 1.83. The standard InChI is InChI=1S/C10H11BrClNO2/c1-6(5-14)13-10(15)7-2-3-9(12)8(11)4-7/h2-4,6,14H,5H2,1H3,(H,13,15)/t6-/m1/s1. The summed E-state index contributed by atoms with van der Waals surface area (Å²) < 4.78 is 0.675. The number of carbonyl (C=O) groups is 1. The molecule has 2 N–H and O–H groups in total. The fourth-order valence-electron chi connectivity index (χ4n) is 0.990. The van der Waals surface area contributed by atoms with Crippen molar-refractivity contribution in [3.63, 3.8) is 0 Å². The number of hydrogen-bond acceptors (Lipinski definition) is 2. The highest BCUT2D eigenvalue weighted by atomic mass is 79.9. The number of benzene rings is 1. The van der Waals surface area contributed by atoms with Crippen molar-refractivity contribution in [2.24, 2.45) is 0 Å². The maximum Gasteiger partial charge on any atom is 0.251 e. The van der Waals surface area contributed by atoms with E-state index in [1.54, 1.807) is 25.1 Å². The summed E-state index contributed by atoms with van der Waals surface area (Å²) >= 11 is 9.04. The van der Waals surface area contributed by atoms with Crippen LogP contribution < -0.4 is 5.32 Å². The fourth-order valence-corrected chi connectivity index (χ4v) is 1.49. The minimum absolute atomic E-state index is 0.0828. The van der Waals surface area contributed by atoms with E-state index in [9.17, 15) is 4.79 Å². The molecule has 0 saturated carbocycles. The van der Waals surface area contributed by atoms with Crippen LogP contribution in [0.5, 0.6) is 0 Å². The highest BCUT2D eigenvalue weighted by Crippen LogP contribution is 2.23. The minimum Gasteiger partial charge on any atom is -0.394 e. The lowest BCUT2D eigenvalue weighted by atomic mass is 10.2. The van der Waals surface area contributed by atoms with Crippen LogP contribution in [0.3, 0.4) is 0 Å². The molecular formula is C10H11BrClNO2. The maximum absolute atomic E-state index is 11.6. The molecule has 1 atom stereocenters. The Morgan fingerprint density at radius 3 is 2.87 bits per heavy atom. The van der Waals surface area contributed by atoms with E-state index in [0.29, 0.717) is 15.1 Å². The van der Waals surface area contributed by atoms with Crippen molar-refractivity contribution in [1.29, 1.82) is 0 Å². The molecule has 1 amide bonds. The molecule has 0 aromatic heterocycles. The van der Waals surface area contributed by atoms with Crippen molar-refractivity contribution in [1.82, 2.24) is 5.32 Å². The van der Waals surface area contributed by atoms with E-state index in [1.807, 2.05) is 0 Å². The molecule has 1 aromatic rings. The van der Waals surface area contributed by atoms with E-state index in [2.05, 4.69) is 21.2 Å². The topological polar surface area (TPSA) is 49.3 Å². The van der Waals surface area contributed by atoms with Gasteiger partial charge in [-0.1, -0.05) is 11.6 Å². The Hall–Kier alpha value is -0.580. The number of carbonyl (C=O) groups excluding carboxylic acids is 1. The summed E-state index contributed by atoms with van der Waals surface area (Å²) in [4.78, 5) is 11.6. The number of rotatable bonds is 3. The van der Waals surface area contributed by atoms with Gasteiger partial charge < -0.3 is 10.4 Å². The summed E-state index contributed by atoms with van der Waals surface area (Å²) in [6.07, 6.45) is 0. The molecule has 0 spiro atoms. The number of aliphatic hydroxyl groups excluding tert-OH is 1. The Kier molecular flexibility index (Phi) is 4.57. The molecule has 1 aromatic carbocycles. The zero-order chi connectivity index (χ0) is 11.4. The summed E-state index contributed by atoms with van der Waals surface area (Å²) in [6.45, 7) is 1.64. The van der Waals surface area contributed by atoms with Gasteiger partial charge in [0.15, 0.2) is 0 Å². The Balaban J connectivity index is 2.78. The van der Waals surface area contributed by atoms with Crippen molar-refractivity contribution in [2.75, 3.05) is 6.61 Å². The van der Waals surface area contributed by atoms with Gasteiger partial charge in [-0.05, 0) is 41.1 Å².